The summed E-state index contributed by atoms with van der Waals surface area (Å²) >= 11 is 0. The molecule has 1 aliphatic carbocycles. The van der Waals surface area contributed by atoms with Gasteiger partial charge >= 0.3 is 17.8 Å². The van der Waals surface area contributed by atoms with Crippen LogP contribution in [0.2, 0.25) is 0 Å². The molecule has 1 saturated carbocycles. The van der Waals surface area contributed by atoms with E-state index in [1.807, 2.05) is 5.32 Å². The first-order chi connectivity index (χ1) is 11.3. The second-order valence-electron chi connectivity index (χ2n) is 5.35. The Hall–Kier alpha value is -2.91. The first-order valence-corrected chi connectivity index (χ1v) is 6.93. The highest BCUT2D eigenvalue weighted by Crippen LogP contribution is 2.31. The van der Waals surface area contributed by atoms with Crippen LogP contribution in [0.4, 0.5) is 23.7 Å². The average molecular weight is 341 g/mol. The lowest BCUT2D eigenvalue weighted by Crippen LogP contribution is -2.39. The van der Waals surface area contributed by atoms with Crippen molar-refractivity contribution in [3.05, 3.63) is 29.6 Å². The van der Waals surface area contributed by atoms with Gasteiger partial charge in [0.2, 0.25) is 5.91 Å². The maximum atomic E-state index is 13.5. The van der Waals surface area contributed by atoms with E-state index in [1.54, 1.807) is 0 Å². The maximum absolute atomic E-state index is 13.5. The monoisotopic (exact) mass is 341 g/mol. The molecule has 1 N–H and O–H groups in total. The number of hydrogen-bond donors (Lipinski definition) is 1. The lowest BCUT2D eigenvalue weighted by molar-refractivity contribution is -0.143. The fourth-order valence-corrected chi connectivity index (χ4v) is 2.27. The maximum Gasteiger partial charge on any atom is 0.334 e. The molecule has 7 nitrogen and oxygen atoms in total. The summed E-state index contributed by atoms with van der Waals surface area (Å²) in [7, 11) is 0. The molecule has 24 heavy (non-hydrogen) atoms. The van der Waals surface area contributed by atoms with E-state index >= 15 is 0 Å². The number of hydrogen-bond acceptors (Lipinski definition) is 4. The van der Waals surface area contributed by atoms with E-state index in [-0.39, 0.29) is 6.04 Å². The molecule has 2 aliphatic rings. The number of anilines is 1. The van der Waals surface area contributed by atoms with Gasteiger partial charge in [-0.15, -0.1) is 0 Å². The molecule has 5 amide bonds. The molecule has 0 bridgehead atoms. The summed E-state index contributed by atoms with van der Waals surface area (Å²) < 4.78 is 39.4. The Bertz CT molecular complexity index is 779. The van der Waals surface area contributed by atoms with Gasteiger partial charge in [0.05, 0.1) is 5.69 Å². The summed E-state index contributed by atoms with van der Waals surface area (Å²) in [5.41, 5.74) is -0.650. The van der Waals surface area contributed by atoms with E-state index < -0.39 is 53.4 Å². The third-order valence-corrected chi connectivity index (χ3v) is 3.61. The van der Waals surface area contributed by atoms with Crippen molar-refractivity contribution >= 4 is 29.4 Å². The number of rotatable bonds is 4. The molecule has 0 aromatic heterocycles. The summed E-state index contributed by atoms with van der Waals surface area (Å²) in [6, 6.07) is 0.137. The highest BCUT2D eigenvalue weighted by Gasteiger charge is 2.51. The number of amides is 5. The summed E-state index contributed by atoms with van der Waals surface area (Å²) in [4.78, 5) is 48.5. The molecule has 3 rings (SSSR count). The standard InChI is InChI=1S/C14H10F3N3O4/c15-7-3-4-8(11(17)10(7)16)18-9(21)5-19-12(22)13(23)20(14(19)24)6-1-2-6/h3-4,6H,1-2,5H2,(H,18,21). The summed E-state index contributed by atoms with van der Waals surface area (Å²) in [5.74, 6) is -8.02. The Balaban J connectivity index is 1.71. The predicted octanol–water partition coefficient (Wildman–Crippen LogP) is 0.996. The minimum atomic E-state index is -1.77. The molecule has 1 heterocycles. The van der Waals surface area contributed by atoms with Crippen LogP contribution in [0.3, 0.4) is 0 Å². The van der Waals surface area contributed by atoms with Gasteiger partial charge in [-0.3, -0.25) is 19.3 Å². The Labute approximate surface area is 133 Å². The van der Waals surface area contributed by atoms with Crippen molar-refractivity contribution < 1.29 is 32.3 Å². The van der Waals surface area contributed by atoms with E-state index in [9.17, 15) is 32.3 Å². The van der Waals surface area contributed by atoms with Crippen molar-refractivity contribution in [3.8, 4) is 0 Å². The van der Waals surface area contributed by atoms with Gasteiger partial charge in [-0.2, -0.15) is 0 Å². The molecular formula is C14H10F3N3O4. The fourth-order valence-electron chi connectivity index (χ4n) is 2.27. The number of carbonyl (C=O) groups excluding carboxylic acids is 4. The minimum Gasteiger partial charge on any atom is -0.322 e. The van der Waals surface area contributed by atoms with Crippen molar-refractivity contribution in [1.29, 1.82) is 0 Å². The summed E-state index contributed by atoms with van der Waals surface area (Å²) in [6.07, 6.45) is 1.18. The number of urea groups is 1. The van der Waals surface area contributed by atoms with Gasteiger partial charge in [-0.05, 0) is 25.0 Å². The van der Waals surface area contributed by atoms with Crippen LogP contribution in [0.5, 0.6) is 0 Å². The highest BCUT2D eigenvalue weighted by molar-refractivity contribution is 6.45. The second kappa shape index (κ2) is 5.62. The lowest BCUT2D eigenvalue weighted by Gasteiger charge is -2.15. The van der Waals surface area contributed by atoms with Crippen LogP contribution in [0.25, 0.3) is 0 Å². The molecule has 126 valence electrons. The number of nitrogens with zero attached hydrogens (tertiary/aromatic N) is 2. The van der Waals surface area contributed by atoms with Crippen LogP contribution in [-0.4, -0.2) is 46.1 Å². The van der Waals surface area contributed by atoms with Crippen LogP contribution in [0.1, 0.15) is 12.8 Å². The van der Waals surface area contributed by atoms with Gasteiger partial charge < -0.3 is 5.32 Å². The first kappa shape index (κ1) is 16.0. The SMILES string of the molecule is O=C(CN1C(=O)C(=O)N(C2CC2)C1=O)Nc1ccc(F)c(F)c1F. The van der Waals surface area contributed by atoms with E-state index in [2.05, 4.69) is 0 Å². The van der Waals surface area contributed by atoms with Crippen molar-refractivity contribution in [1.82, 2.24) is 9.80 Å². The number of carbonyl (C=O) groups is 4. The molecule has 0 radical (unpaired) electrons. The van der Waals surface area contributed by atoms with Gasteiger partial charge in [-0.1, -0.05) is 0 Å². The molecular weight excluding hydrogens is 331 g/mol. The number of benzene rings is 1. The number of imide groups is 2. The van der Waals surface area contributed by atoms with E-state index in [4.69, 9.17) is 0 Å². The topological polar surface area (TPSA) is 86.8 Å². The Kier molecular flexibility index (Phi) is 3.74. The Morgan fingerprint density at radius 2 is 1.75 bits per heavy atom. The van der Waals surface area contributed by atoms with Gasteiger partial charge in [0.1, 0.15) is 6.54 Å². The Morgan fingerprint density at radius 3 is 2.38 bits per heavy atom. The second-order valence-corrected chi connectivity index (χ2v) is 5.35. The van der Waals surface area contributed by atoms with Crippen molar-refractivity contribution in [3.63, 3.8) is 0 Å². The highest BCUT2D eigenvalue weighted by atomic mass is 19.2. The fraction of sp³-hybridized carbons (Fsp3) is 0.286. The normalized spacial score (nSPS) is 17.7. The third kappa shape index (κ3) is 2.59. The first-order valence-electron chi connectivity index (χ1n) is 6.93. The number of nitrogens with one attached hydrogen (secondary N) is 1. The molecule has 0 atom stereocenters. The van der Waals surface area contributed by atoms with Crippen LogP contribution in [-0.2, 0) is 14.4 Å². The van der Waals surface area contributed by atoms with Gasteiger partial charge in [-0.25, -0.2) is 22.9 Å². The molecule has 10 heteroatoms. The van der Waals surface area contributed by atoms with Gasteiger partial charge in [0.25, 0.3) is 0 Å². The van der Waals surface area contributed by atoms with Crippen LogP contribution in [0.15, 0.2) is 12.1 Å². The smallest absolute Gasteiger partial charge is 0.322 e. The predicted molar refractivity (Wildman–Crippen MR) is 71.9 cm³/mol. The average Bonchev–Trinajstić information content (AvgIpc) is 3.34. The lowest BCUT2D eigenvalue weighted by atomic mass is 10.2. The molecule has 1 aliphatic heterocycles. The molecule has 0 unspecified atom stereocenters. The van der Waals surface area contributed by atoms with Crippen molar-refractivity contribution in [2.75, 3.05) is 11.9 Å². The summed E-state index contributed by atoms with van der Waals surface area (Å²) in [6.45, 7) is -0.842. The summed E-state index contributed by atoms with van der Waals surface area (Å²) in [5, 5.41) is 1.92. The zero-order valence-electron chi connectivity index (χ0n) is 12.0. The Morgan fingerprint density at radius 1 is 1.08 bits per heavy atom. The van der Waals surface area contributed by atoms with Crippen LogP contribution >= 0.6 is 0 Å². The van der Waals surface area contributed by atoms with E-state index in [1.165, 1.54) is 0 Å². The molecule has 0 spiro atoms. The third-order valence-electron chi connectivity index (χ3n) is 3.61. The van der Waals surface area contributed by atoms with Crippen molar-refractivity contribution in [2.24, 2.45) is 0 Å². The molecule has 2 fully saturated rings. The molecule has 1 aromatic carbocycles. The van der Waals surface area contributed by atoms with E-state index in [0.717, 1.165) is 11.0 Å². The van der Waals surface area contributed by atoms with Crippen molar-refractivity contribution in [2.45, 2.75) is 18.9 Å². The largest absolute Gasteiger partial charge is 0.334 e. The molecule has 1 saturated heterocycles. The quantitative estimate of drug-likeness (QED) is 0.503. The van der Waals surface area contributed by atoms with E-state index in [0.29, 0.717) is 23.8 Å². The van der Waals surface area contributed by atoms with Gasteiger partial charge in [0.15, 0.2) is 17.5 Å². The molecule has 1 aromatic rings. The van der Waals surface area contributed by atoms with Crippen LogP contribution < -0.4 is 5.32 Å². The van der Waals surface area contributed by atoms with Crippen LogP contribution in [0, 0.1) is 17.5 Å². The number of halogens is 3. The zero-order chi connectivity index (χ0) is 17.6. The minimum absolute atomic E-state index is 0.342. The van der Waals surface area contributed by atoms with Gasteiger partial charge in [0, 0.05) is 6.04 Å². The zero-order valence-corrected chi connectivity index (χ0v) is 12.0.